The minimum Gasteiger partial charge on any atom is -0.339 e. The highest BCUT2D eigenvalue weighted by Gasteiger charge is 2.08. The molecule has 0 saturated carbocycles. The molecule has 3 nitrogen and oxygen atoms in total. The van der Waals surface area contributed by atoms with Crippen molar-refractivity contribution in [1.82, 2.24) is 4.98 Å². The van der Waals surface area contributed by atoms with E-state index in [-0.39, 0.29) is 5.02 Å². The molecule has 90 valence electrons. The van der Waals surface area contributed by atoms with Crippen molar-refractivity contribution in [3.63, 3.8) is 0 Å². The number of nitrogens with zero attached hydrogens (tertiary/aromatic N) is 2. The van der Waals surface area contributed by atoms with Gasteiger partial charge in [-0.3, -0.25) is 0 Å². The summed E-state index contributed by atoms with van der Waals surface area (Å²) in [5.41, 5.74) is 0.812. The first-order valence-electron chi connectivity index (χ1n) is 4.88. The number of pyridine rings is 1. The summed E-state index contributed by atoms with van der Waals surface area (Å²) in [6, 6.07) is 8.00. The Balaban J connectivity index is 2.35. The minimum atomic E-state index is -0.396. The van der Waals surface area contributed by atoms with Gasteiger partial charge in [0.15, 0.2) is 5.82 Å². The predicted octanol–water partition coefficient (Wildman–Crippen LogP) is 4.25. The number of hydrogen-bond acceptors (Lipinski definition) is 3. The summed E-state index contributed by atoms with van der Waals surface area (Å²) in [6.07, 6.45) is 1.46. The molecule has 0 radical (unpaired) electrons. The van der Waals surface area contributed by atoms with Crippen LogP contribution in [-0.4, -0.2) is 4.98 Å². The van der Waals surface area contributed by atoms with Crippen molar-refractivity contribution < 1.29 is 4.39 Å². The molecule has 0 bridgehead atoms. The third kappa shape index (κ3) is 2.61. The Kier molecular flexibility index (Phi) is 3.80. The van der Waals surface area contributed by atoms with Crippen LogP contribution in [0.1, 0.15) is 5.56 Å². The fourth-order valence-electron chi connectivity index (χ4n) is 1.33. The highest BCUT2D eigenvalue weighted by molar-refractivity contribution is 9.10. The van der Waals surface area contributed by atoms with Crippen molar-refractivity contribution in [2.24, 2.45) is 0 Å². The Morgan fingerprint density at radius 2 is 2.17 bits per heavy atom. The molecule has 0 aliphatic carbocycles. The fourth-order valence-corrected chi connectivity index (χ4v) is 1.78. The zero-order valence-corrected chi connectivity index (χ0v) is 11.3. The molecule has 1 heterocycles. The van der Waals surface area contributed by atoms with Crippen LogP contribution >= 0.6 is 27.5 Å². The molecule has 18 heavy (non-hydrogen) atoms. The van der Waals surface area contributed by atoms with Crippen LogP contribution in [0.4, 0.5) is 15.9 Å². The van der Waals surface area contributed by atoms with Crippen molar-refractivity contribution in [3.8, 4) is 6.07 Å². The van der Waals surface area contributed by atoms with Crippen molar-refractivity contribution >= 4 is 39.0 Å². The zero-order valence-electron chi connectivity index (χ0n) is 8.92. The van der Waals surface area contributed by atoms with Crippen LogP contribution in [0.25, 0.3) is 0 Å². The van der Waals surface area contributed by atoms with Crippen LogP contribution in [-0.2, 0) is 0 Å². The van der Waals surface area contributed by atoms with E-state index in [1.165, 1.54) is 18.3 Å². The largest absolute Gasteiger partial charge is 0.339 e. The van der Waals surface area contributed by atoms with Crippen LogP contribution < -0.4 is 5.32 Å². The van der Waals surface area contributed by atoms with Gasteiger partial charge in [-0.05, 0) is 40.2 Å². The second-order valence-corrected chi connectivity index (χ2v) is 4.62. The molecule has 0 amide bonds. The van der Waals surface area contributed by atoms with Crippen molar-refractivity contribution in [2.45, 2.75) is 0 Å². The summed E-state index contributed by atoms with van der Waals surface area (Å²) in [4.78, 5) is 4.01. The van der Waals surface area contributed by atoms with E-state index in [1.807, 2.05) is 6.07 Å². The lowest BCUT2D eigenvalue weighted by molar-refractivity contribution is 0.622. The van der Waals surface area contributed by atoms with E-state index >= 15 is 0 Å². The first kappa shape index (κ1) is 12.8. The Morgan fingerprint density at radius 3 is 2.83 bits per heavy atom. The van der Waals surface area contributed by atoms with E-state index in [9.17, 15) is 4.39 Å². The first-order chi connectivity index (χ1) is 8.61. The summed E-state index contributed by atoms with van der Waals surface area (Å²) in [5, 5.41) is 11.9. The maximum atomic E-state index is 13.3. The summed E-state index contributed by atoms with van der Waals surface area (Å²) in [5.74, 6) is -0.0787. The fraction of sp³-hybridized carbons (Fsp3) is 0. The molecular formula is C12H6BrClFN3. The molecule has 0 spiro atoms. The maximum absolute atomic E-state index is 13.3. The van der Waals surface area contributed by atoms with Gasteiger partial charge < -0.3 is 5.32 Å². The average Bonchev–Trinajstić information content (AvgIpc) is 2.36. The number of aromatic nitrogens is 1. The molecule has 1 aromatic heterocycles. The van der Waals surface area contributed by atoms with Gasteiger partial charge in [0.2, 0.25) is 0 Å². The molecular weight excluding hydrogens is 321 g/mol. The number of hydrogen-bond donors (Lipinski definition) is 1. The van der Waals surface area contributed by atoms with Crippen LogP contribution in [0, 0.1) is 17.1 Å². The van der Waals surface area contributed by atoms with Gasteiger partial charge in [0.05, 0.1) is 10.0 Å². The normalized spacial score (nSPS) is 9.89. The van der Waals surface area contributed by atoms with Gasteiger partial charge in [-0.1, -0.05) is 11.6 Å². The Morgan fingerprint density at radius 1 is 1.39 bits per heavy atom. The second kappa shape index (κ2) is 5.34. The standard InChI is InChI=1S/C12H6BrClFN3/c13-9-2-1-8(5-10(9)15)18-12-11(14)7(6-16)3-4-17-12/h1-5H,(H,17,18). The molecule has 0 aliphatic rings. The molecule has 1 N–H and O–H groups in total. The van der Waals surface area contributed by atoms with Gasteiger partial charge in [0.1, 0.15) is 16.9 Å². The Bertz CT molecular complexity index is 640. The molecule has 2 rings (SSSR count). The molecule has 1 aromatic carbocycles. The lowest BCUT2D eigenvalue weighted by atomic mass is 10.2. The Hall–Kier alpha value is -1.64. The number of benzene rings is 1. The molecule has 0 saturated heterocycles. The highest BCUT2D eigenvalue weighted by Crippen LogP contribution is 2.27. The summed E-state index contributed by atoms with van der Waals surface area (Å²) < 4.78 is 13.7. The number of anilines is 2. The highest BCUT2D eigenvalue weighted by atomic mass is 79.9. The van der Waals surface area contributed by atoms with Crippen molar-refractivity contribution in [2.75, 3.05) is 5.32 Å². The molecule has 0 atom stereocenters. The van der Waals surface area contributed by atoms with E-state index in [0.717, 1.165) is 0 Å². The SMILES string of the molecule is N#Cc1ccnc(Nc2ccc(Br)c(F)c2)c1Cl. The summed E-state index contributed by atoms with van der Waals surface area (Å²) in [7, 11) is 0. The van der Waals surface area contributed by atoms with E-state index in [0.29, 0.717) is 21.5 Å². The second-order valence-electron chi connectivity index (χ2n) is 3.39. The third-order valence-electron chi connectivity index (χ3n) is 2.19. The molecule has 6 heteroatoms. The lowest BCUT2D eigenvalue weighted by Gasteiger charge is -2.08. The Labute approximate surface area is 116 Å². The van der Waals surface area contributed by atoms with Gasteiger partial charge in [-0.15, -0.1) is 0 Å². The van der Waals surface area contributed by atoms with E-state index in [1.54, 1.807) is 12.1 Å². The maximum Gasteiger partial charge on any atom is 0.150 e. The van der Waals surface area contributed by atoms with E-state index in [2.05, 4.69) is 26.2 Å². The monoisotopic (exact) mass is 325 g/mol. The van der Waals surface area contributed by atoms with Crippen molar-refractivity contribution in [3.05, 3.63) is 51.3 Å². The van der Waals surface area contributed by atoms with Gasteiger partial charge in [-0.25, -0.2) is 9.37 Å². The predicted molar refractivity (Wildman–Crippen MR) is 71.3 cm³/mol. The van der Waals surface area contributed by atoms with Gasteiger partial charge in [-0.2, -0.15) is 5.26 Å². The lowest BCUT2D eigenvalue weighted by Crippen LogP contribution is -1.96. The molecule has 2 aromatic rings. The molecule has 0 fully saturated rings. The summed E-state index contributed by atoms with van der Waals surface area (Å²) in [6.45, 7) is 0. The minimum absolute atomic E-state index is 0.211. The van der Waals surface area contributed by atoms with Gasteiger partial charge in [0.25, 0.3) is 0 Å². The van der Waals surface area contributed by atoms with Crippen LogP contribution in [0.2, 0.25) is 5.02 Å². The molecule has 0 unspecified atom stereocenters. The quantitative estimate of drug-likeness (QED) is 0.897. The third-order valence-corrected chi connectivity index (χ3v) is 3.22. The smallest absolute Gasteiger partial charge is 0.150 e. The van der Waals surface area contributed by atoms with Crippen LogP contribution in [0.3, 0.4) is 0 Å². The van der Waals surface area contributed by atoms with Gasteiger partial charge >= 0.3 is 0 Å². The number of rotatable bonds is 2. The topological polar surface area (TPSA) is 48.7 Å². The first-order valence-corrected chi connectivity index (χ1v) is 6.05. The van der Waals surface area contributed by atoms with Gasteiger partial charge in [0, 0.05) is 11.9 Å². The molecule has 0 aliphatic heterocycles. The zero-order chi connectivity index (χ0) is 13.1. The number of nitrogens with one attached hydrogen (secondary N) is 1. The summed E-state index contributed by atoms with van der Waals surface area (Å²) >= 11 is 9.04. The van der Waals surface area contributed by atoms with Crippen molar-refractivity contribution in [1.29, 1.82) is 5.26 Å². The van der Waals surface area contributed by atoms with E-state index < -0.39 is 5.82 Å². The van der Waals surface area contributed by atoms with Crippen LogP contribution in [0.15, 0.2) is 34.9 Å². The average molecular weight is 327 g/mol. The van der Waals surface area contributed by atoms with E-state index in [4.69, 9.17) is 16.9 Å². The number of halogens is 3. The number of nitriles is 1. The van der Waals surface area contributed by atoms with Crippen LogP contribution in [0.5, 0.6) is 0 Å².